The Hall–Kier alpha value is -4.05. The van der Waals surface area contributed by atoms with Gasteiger partial charge in [-0.15, -0.1) is 0 Å². The van der Waals surface area contributed by atoms with Crippen LogP contribution < -0.4 is 10.2 Å². The summed E-state index contributed by atoms with van der Waals surface area (Å²) in [4.78, 5) is 12.0. The summed E-state index contributed by atoms with van der Waals surface area (Å²) in [5, 5.41) is 12.5. The number of nitrogens with zero attached hydrogens (tertiary/aromatic N) is 2. The van der Waals surface area contributed by atoms with Gasteiger partial charge in [0.15, 0.2) is 0 Å². The second-order valence-electron chi connectivity index (χ2n) is 5.99. The average Bonchev–Trinajstić information content (AvgIpc) is 2.73. The number of nitrogens with one attached hydrogen (secondary N) is 1. The van der Waals surface area contributed by atoms with E-state index in [0.29, 0.717) is 16.9 Å². The minimum atomic E-state index is -0.795. The van der Waals surface area contributed by atoms with E-state index in [1.807, 2.05) is 0 Å². The molecule has 3 aromatic rings. The highest BCUT2D eigenvalue weighted by atomic mass is 19.1. The van der Waals surface area contributed by atoms with Gasteiger partial charge in [-0.05, 0) is 65.7 Å². The number of hydrogen-bond donors (Lipinski definition) is 1. The molecule has 0 heterocycles. The molecule has 0 unspecified atom stereocenters. The summed E-state index contributed by atoms with van der Waals surface area (Å²) in [6.07, 6.45) is 1.40. The molecular weight excluding hydrogens is 376 g/mol. The third-order valence-corrected chi connectivity index (χ3v) is 3.90. The largest absolute Gasteiger partial charge is 0.489 e. The zero-order chi connectivity index (χ0) is 20.6. The maximum atomic E-state index is 13.8. The fraction of sp³-hybridized carbons (Fsp3) is 0.0455. The van der Waals surface area contributed by atoms with Crippen molar-refractivity contribution in [2.24, 2.45) is 5.10 Å². The van der Waals surface area contributed by atoms with Gasteiger partial charge < -0.3 is 4.74 Å². The summed E-state index contributed by atoms with van der Waals surface area (Å²) in [5.41, 5.74) is 3.55. The molecule has 144 valence electrons. The SMILES string of the molecule is N#Cc1ccc(C(=O)N/N=C\c2ccc(OCc3cccc(F)c3)cc2)c(F)c1. The third-order valence-electron chi connectivity index (χ3n) is 3.90. The number of ether oxygens (including phenoxy) is 1. The molecule has 0 aromatic heterocycles. The number of rotatable bonds is 6. The second kappa shape index (κ2) is 9.24. The molecule has 0 aliphatic rings. The van der Waals surface area contributed by atoms with E-state index in [9.17, 15) is 13.6 Å². The molecular formula is C22H15F2N3O2. The zero-order valence-electron chi connectivity index (χ0n) is 15.1. The highest BCUT2D eigenvalue weighted by molar-refractivity contribution is 5.95. The molecule has 7 heteroatoms. The quantitative estimate of drug-likeness (QED) is 0.506. The molecule has 0 saturated carbocycles. The van der Waals surface area contributed by atoms with Crippen molar-refractivity contribution in [3.63, 3.8) is 0 Å². The lowest BCUT2D eigenvalue weighted by molar-refractivity contribution is 0.0951. The summed E-state index contributed by atoms with van der Waals surface area (Å²) in [6, 6.07) is 18.4. The summed E-state index contributed by atoms with van der Waals surface area (Å²) >= 11 is 0. The van der Waals surface area contributed by atoms with E-state index in [-0.39, 0.29) is 23.6 Å². The van der Waals surface area contributed by atoms with Crippen LogP contribution in [-0.4, -0.2) is 12.1 Å². The first-order valence-electron chi connectivity index (χ1n) is 8.55. The van der Waals surface area contributed by atoms with Gasteiger partial charge in [-0.1, -0.05) is 12.1 Å². The molecule has 0 bridgehead atoms. The van der Waals surface area contributed by atoms with Crippen molar-refractivity contribution < 1.29 is 18.3 Å². The summed E-state index contributed by atoms with van der Waals surface area (Å²) in [5.74, 6) is -1.24. The molecule has 0 aliphatic carbocycles. The molecule has 1 amide bonds. The predicted octanol–water partition coefficient (Wildman–Crippen LogP) is 4.18. The van der Waals surface area contributed by atoms with Crippen molar-refractivity contribution in [2.45, 2.75) is 6.61 Å². The van der Waals surface area contributed by atoms with Gasteiger partial charge in [0.1, 0.15) is 24.0 Å². The molecule has 0 atom stereocenters. The summed E-state index contributed by atoms with van der Waals surface area (Å²) in [7, 11) is 0. The van der Waals surface area contributed by atoms with Crippen molar-refractivity contribution >= 4 is 12.1 Å². The van der Waals surface area contributed by atoms with Gasteiger partial charge >= 0.3 is 0 Å². The average molecular weight is 391 g/mol. The lowest BCUT2D eigenvalue weighted by atomic mass is 10.1. The Morgan fingerprint density at radius 3 is 2.59 bits per heavy atom. The van der Waals surface area contributed by atoms with E-state index in [0.717, 1.165) is 6.07 Å². The molecule has 0 saturated heterocycles. The highest BCUT2D eigenvalue weighted by Gasteiger charge is 2.11. The molecule has 0 spiro atoms. The predicted molar refractivity (Wildman–Crippen MR) is 103 cm³/mol. The highest BCUT2D eigenvalue weighted by Crippen LogP contribution is 2.14. The van der Waals surface area contributed by atoms with Crippen LogP contribution in [0.25, 0.3) is 0 Å². The van der Waals surface area contributed by atoms with Gasteiger partial charge in [0, 0.05) is 0 Å². The lowest BCUT2D eigenvalue weighted by Crippen LogP contribution is -2.19. The van der Waals surface area contributed by atoms with Crippen molar-refractivity contribution in [1.29, 1.82) is 5.26 Å². The monoisotopic (exact) mass is 391 g/mol. The van der Waals surface area contributed by atoms with E-state index in [1.165, 1.54) is 30.5 Å². The third kappa shape index (κ3) is 5.47. The minimum absolute atomic E-state index is 0.127. The van der Waals surface area contributed by atoms with Crippen molar-refractivity contribution in [3.8, 4) is 11.8 Å². The second-order valence-corrected chi connectivity index (χ2v) is 5.99. The molecule has 0 fully saturated rings. The van der Waals surface area contributed by atoms with Crippen molar-refractivity contribution in [3.05, 3.63) is 101 Å². The van der Waals surface area contributed by atoms with Crippen molar-refractivity contribution in [2.75, 3.05) is 0 Å². The molecule has 1 N–H and O–H groups in total. The minimum Gasteiger partial charge on any atom is -0.489 e. The summed E-state index contributed by atoms with van der Waals surface area (Å²) < 4.78 is 32.5. The van der Waals surface area contributed by atoms with Gasteiger partial charge in [0.2, 0.25) is 0 Å². The van der Waals surface area contributed by atoms with Gasteiger partial charge in [-0.2, -0.15) is 10.4 Å². The Labute approximate surface area is 165 Å². The fourth-order valence-corrected chi connectivity index (χ4v) is 2.44. The summed E-state index contributed by atoms with van der Waals surface area (Å²) in [6.45, 7) is 0.234. The van der Waals surface area contributed by atoms with Crippen LogP contribution >= 0.6 is 0 Å². The van der Waals surface area contributed by atoms with Crippen LogP contribution in [0.15, 0.2) is 71.8 Å². The van der Waals surface area contributed by atoms with E-state index in [2.05, 4.69) is 10.5 Å². The van der Waals surface area contributed by atoms with Crippen LogP contribution in [0.2, 0.25) is 0 Å². The Morgan fingerprint density at radius 2 is 1.90 bits per heavy atom. The Kier molecular flexibility index (Phi) is 6.28. The number of hydrazone groups is 1. The standard InChI is InChI=1S/C22H15F2N3O2/c23-18-3-1-2-17(10-18)14-29-19-7-4-15(5-8-19)13-26-27-22(28)20-9-6-16(12-25)11-21(20)24/h1-11,13H,14H2,(H,27,28)/b26-13-. The van der Waals surface area contributed by atoms with Crippen LogP contribution in [0.4, 0.5) is 8.78 Å². The molecule has 3 rings (SSSR count). The molecule has 0 radical (unpaired) electrons. The normalized spacial score (nSPS) is 10.5. The number of halogens is 2. The number of benzene rings is 3. The van der Waals surface area contributed by atoms with Crippen LogP contribution in [-0.2, 0) is 6.61 Å². The number of hydrogen-bond acceptors (Lipinski definition) is 4. The van der Waals surface area contributed by atoms with E-state index >= 15 is 0 Å². The van der Waals surface area contributed by atoms with Crippen LogP contribution in [0, 0.1) is 23.0 Å². The zero-order valence-corrected chi connectivity index (χ0v) is 15.1. The number of carbonyl (C=O) groups is 1. The fourth-order valence-electron chi connectivity index (χ4n) is 2.44. The number of amides is 1. The van der Waals surface area contributed by atoms with Gasteiger partial charge in [-0.25, -0.2) is 14.2 Å². The van der Waals surface area contributed by atoms with E-state index < -0.39 is 11.7 Å². The molecule has 29 heavy (non-hydrogen) atoms. The Morgan fingerprint density at radius 1 is 1.10 bits per heavy atom. The maximum Gasteiger partial charge on any atom is 0.274 e. The van der Waals surface area contributed by atoms with Gasteiger partial charge in [0.05, 0.1) is 23.4 Å². The van der Waals surface area contributed by atoms with Gasteiger partial charge in [-0.3, -0.25) is 4.79 Å². The Balaban J connectivity index is 1.54. The smallest absolute Gasteiger partial charge is 0.274 e. The first-order valence-corrected chi connectivity index (χ1v) is 8.55. The van der Waals surface area contributed by atoms with E-state index in [4.69, 9.17) is 10.00 Å². The first kappa shape index (κ1) is 19.7. The van der Waals surface area contributed by atoms with E-state index in [1.54, 1.807) is 42.5 Å². The van der Waals surface area contributed by atoms with Crippen LogP contribution in [0.1, 0.15) is 27.0 Å². The number of carbonyl (C=O) groups excluding carboxylic acids is 1. The Bertz CT molecular complexity index is 1090. The van der Waals surface area contributed by atoms with Crippen LogP contribution in [0.3, 0.4) is 0 Å². The lowest BCUT2D eigenvalue weighted by Gasteiger charge is -2.06. The topological polar surface area (TPSA) is 74.5 Å². The first-order chi connectivity index (χ1) is 14.0. The maximum absolute atomic E-state index is 13.8. The molecule has 3 aromatic carbocycles. The molecule has 5 nitrogen and oxygen atoms in total. The molecule has 0 aliphatic heterocycles. The van der Waals surface area contributed by atoms with Gasteiger partial charge in [0.25, 0.3) is 5.91 Å². The van der Waals surface area contributed by atoms with Crippen molar-refractivity contribution in [1.82, 2.24) is 5.43 Å². The number of nitriles is 1. The van der Waals surface area contributed by atoms with Crippen LogP contribution in [0.5, 0.6) is 5.75 Å².